The second-order valence-corrected chi connectivity index (χ2v) is 5.86. The highest BCUT2D eigenvalue weighted by Gasteiger charge is 2.36. The Morgan fingerprint density at radius 3 is 2.57 bits per heavy atom. The van der Waals surface area contributed by atoms with E-state index in [0.29, 0.717) is 38.9 Å². The molecule has 0 unspecified atom stereocenters. The van der Waals surface area contributed by atoms with Crippen LogP contribution in [0.2, 0.25) is 0 Å². The smallest absolute Gasteiger partial charge is 0.305 e. The molecular weight excluding hydrogens is 294 g/mol. The molecule has 0 radical (unpaired) electrons. The van der Waals surface area contributed by atoms with Gasteiger partial charge in [-0.1, -0.05) is 42.5 Å². The lowest BCUT2D eigenvalue weighted by molar-refractivity contribution is -0.140. The van der Waals surface area contributed by atoms with Gasteiger partial charge in [0.05, 0.1) is 12.0 Å². The molecule has 5 nitrogen and oxygen atoms in total. The molecule has 1 aliphatic rings. The molecular formula is C18H23NO4. The summed E-state index contributed by atoms with van der Waals surface area (Å²) >= 11 is 0. The van der Waals surface area contributed by atoms with E-state index in [-0.39, 0.29) is 12.3 Å². The fraction of sp³-hybridized carbons (Fsp3) is 0.444. The molecule has 0 spiro atoms. The van der Waals surface area contributed by atoms with E-state index in [2.05, 4.69) is 5.32 Å². The summed E-state index contributed by atoms with van der Waals surface area (Å²) in [7, 11) is 0. The standard InChI is InChI=1S/C18H23NO4/c20-16(9-5-4-8-15-6-2-1-3-7-15)19-18(14-17(21)22)10-12-23-13-11-18/h1-4,6-8H,5,9-14H2,(H,19,20)(H,21,22)/b8-4+. The highest BCUT2D eigenvalue weighted by atomic mass is 16.5. The average Bonchev–Trinajstić information content (AvgIpc) is 2.52. The SMILES string of the molecule is O=C(O)CC1(NC(=O)CC/C=C/c2ccccc2)CCOCC1. The number of carbonyl (C=O) groups excluding carboxylic acids is 1. The van der Waals surface area contributed by atoms with Crippen molar-refractivity contribution in [1.82, 2.24) is 5.32 Å². The molecule has 1 heterocycles. The number of benzene rings is 1. The number of carboxylic acid groups (broad SMARTS) is 1. The number of hydrogen-bond acceptors (Lipinski definition) is 3. The van der Waals surface area contributed by atoms with Gasteiger partial charge in [-0.2, -0.15) is 0 Å². The molecule has 1 amide bonds. The number of hydrogen-bond donors (Lipinski definition) is 2. The number of allylic oxidation sites excluding steroid dienone is 1. The molecule has 124 valence electrons. The lowest BCUT2D eigenvalue weighted by atomic mass is 9.86. The van der Waals surface area contributed by atoms with Gasteiger partial charge >= 0.3 is 5.97 Å². The van der Waals surface area contributed by atoms with Crippen molar-refractivity contribution in [3.05, 3.63) is 42.0 Å². The third kappa shape index (κ3) is 5.87. The molecule has 0 atom stereocenters. The molecule has 1 aliphatic heterocycles. The molecule has 1 saturated heterocycles. The number of rotatable bonds is 7. The first-order valence-corrected chi connectivity index (χ1v) is 7.92. The predicted molar refractivity (Wildman–Crippen MR) is 87.9 cm³/mol. The minimum Gasteiger partial charge on any atom is -0.481 e. The van der Waals surface area contributed by atoms with E-state index >= 15 is 0 Å². The minimum absolute atomic E-state index is 0.0536. The largest absolute Gasteiger partial charge is 0.481 e. The molecule has 0 bridgehead atoms. The Balaban J connectivity index is 1.82. The first-order valence-electron chi connectivity index (χ1n) is 7.92. The van der Waals surface area contributed by atoms with E-state index < -0.39 is 11.5 Å². The second kappa shape index (κ2) is 8.48. The summed E-state index contributed by atoms with van der Waals surface area (Å²) in [6.07, 6.45) is 5.96. The van der Waals surface area contributed by atoms with E-state index in [1.165, 1.54) is 0 Å². The average molecular weight is 317 g/mol. The highest BCUT2D eigenvalue weighted by molar-refractivity contribution is 5.78. The summed E-state index contributed by atoms with van der Waals surface area (Å²) in [4.78, 5) is 23.2. The zero-order chi connectivity index (χ0) is 16.5. The summed E-state index contributed by atoms with van der Waals surface area (Å²) < 4.78 is 5.28. The van der Waals surface area contributed by atoms with Crippen LogP contribution in [-0.2, 0) is 14.3 Å². The maximum atomic E-state index is 12.1. The summed E-state index contributed by atoms with van der Waals surface area (Å²) in [6, 6.07) is 9.89. The molecule has 0 aliphatic carbocycles. The topological polar surface area (TPSA) is 75.6 Å². The van der Waals surface area contributed by atoms with E-state index in [9.17, 15) is 9.59 Å². The molecule has 1 aromatic rings. The maximum Gasteiger partial charge on any atom is 0.305 e. The van der Waals surface area contributed by atoms with Crippen molar-refractivity contribution in [3.63, 3.8) is 0 Å². The lowest BCUT2D eigenvalue weighted by Crippen LogP contribution is -2.53. The molecule has 1 fully saturated rings. The Hall–Kier alpha value is -2.14. The normalized spacial score (nSPS) is 17.0. The Morgan fingerprint density at radius 2 is 1.91 bits per heavy atom. The van der Waals surface area contributed by atoms with Crippen LogP contribution in [0.25, 0.3) is 6.08 Å². The maximum absolute atomic E-state index is 12.1. The van der Waals surface area contributed by atoms with Gasteiger partial charge in [-0.25, -0.2) is 0 Å². The number of amides is 1. The predicted octanol–water partition coefficient (Wildman–Crippen LogP) is 2.62. The molecule has 2 N–H and O–H groups in total. The zero-order valence-corrected chi connectivity index (χ0v) is 13.2. The van der Waals surface area contributed by atoms with Crippen LogP contribution in [0, 0.1) is 0 Å². The molecule has 2 rings (SSSR count). The van der Waals surface area contributed by atoms with Gasteiger partial charge in [0.2, 0.25) is 5.91 Å². The Bertz CT molecular complexity index is 547. The summed E-state index contributed by atoms with van der Waals surface area (Å²) in [5.41, 5.74) is 0.435. The van der Waals surface area contributed by atoms with E-state index in [0.717, 1.165) is 5.56 Å². The second-order valence-electron chi connectivity index (χ2n) is 5.86. The summed E-state index contributed by atoms with van der Waals surface area (Å²) in [5.74, 6) is -0.998. The van der Waals surface area contributed by atoms with Crippen LogP contribution in [0.4, 0.5) is 0 Å². The minimum atomic E-state index is -0.892. The Morgan fingerprint density at radius 1 is 1.22 bits per heavy atom. The summed E-state index contributed by atoms with van der Waals surface area (Å²) in [6.45, 7) is 0.975. The van der Waals surface area contributed by atoms with Gasteiger partial charge in [0, 0.05) is 19.6 Å². The van der Waals surface area contributed by atoms with Crippen LogP contribution in [0.15, 0.2) is 36.4 Å². The summed E-state index contributed by atoms with van der Waals surface area (Å²) in [5, 5.41) is 12.0. The fourth-order valence-electron chi connectivity index (χ4n) is 2.75. The number of carboxylic acids is 1. The van der Waals surface area contributed by atoms with E-state index in [4.69, 9.17) is 9.84 Å². The van der Waals surface area contributed by atoms with Crippen LogP contribution in [0.3, 0.4) is 0 Å². The van der Waals surface area contributed by atoms with Crippen molar-refractivity contribution < 1.29 is 19.4 Å². The quantitative estimate of drug-likeness (QED) is 0.810. The Labute approximate surface area is 136 Å². The number of carbonyl (C=O) groups is 2. The van der Waals surface area contributed by atoms with Crippen LogP contribution in [-0.4, -0.2) is 35.7 Å². The molecule has 0 saturated carbocycles. The molecule has 23 heavy (non-hydrogen) atoms. The molecule has 1 aromatic carbocycles. The lowest BCUT2D eigenvalue weighted by Gasteiger charge is -2.36. The monoisotopic (exact) mass is 317 g/mol. The Kier molecular flexibility index (Phi) is 6.35. The van der Waals surface area contributed by atoms with Gasteiger partial charge in [-0.15, -0.1) is 0 Å². The number of nitrogens with one attached hydrogen (secondary N) is 1. The van der Waals surface area contributed by atoms with Gasteiger partial charge in [0.25, 0.3) is 0 Å². The number of aliphatic carboxylic acids is 1. The van der Waals surface area contributed by atoms with Crippen LogP contribution >= 0.6 is 0 Å². The van der Waals surface area contributed by atoms with Crippen LogP contribution in [0.5, 0.6) is 0 Å². The first kappa shape index (κ1) is 17.2. The third-order valence-corrected chi connectivity index (χ3v) is 3.99. The van der Waals surface area contributed by atoms with E-state index in [1.807, 2.05) is 42.5 Å². The van der Waals surface area contributed by atoms with Gasteiger partial charge in [0.1, 0.15) is 0 Å². The van der Waals surface area contributed by atoms with Crippen LogP contribution < -0.4 is 5.32 Å². The van der Waals surface area contributed by atoms with Gasteiger partial charge in [-0.05, 0) is 24.8 Å². The first-order chi connectivity index (χ1) is 11.1. The molecule has 0 aromatic heterocycles. The van der Waals surface area contributed by atoms with Crippen LogP contribution in [0.1, 0.15) is 37.7 Å². The van der Waals surface area contributed by atoms with Gasteiger partial charge in [-0.3, -0.25) is 9.59 Å². The van der Waals surface area contributed by atoms with Crippen molar-refractivity contribution in [2.45, 2.75) is 37.6 Å². The fourth-order valence-corrected chi connectivity index (χ4v) is 2.75. The molecule has 5 heteroatoms. The van der Waals surface area contributed by atoms with E-state index in [1.54, 1.807) is 0 Å². The van der Waals surface area contributed by atoms with Crippen molar-refractivity contribution >= 4 is 18.0 Å². The van der Waals surface area contributed by atoms with Gasteiger partial charge in [0.15, 0.2) is 0 Å². The number of ether oxygens (including phenoxy) is 1. The third-order valence-electron chi connectivity index (χ3n) is 3.99. The van der Waals surface area contributed by atoms with Gasteiger partial charge < -0.3 is 15.2 Å². The van der Waals surface area contributed by atoms with Crippen molar-refractivity contribution in [1.29, 1.82) is 0 Å². The van der Waals surface area contributed by atoms with Crippen molar-refractivity contribution in [2.24, 2.45) is 0 Å². The highest BCUT2D eigenvalue weighted by Crippen LogP contribution is 2.24. The van der Waals surface area contributed by atoms with Crippen molar-refractivity contribution in [2.75, 3.05) is 13.2 Å². The zero-order valence-electron chi connectivity index (χ0n) is 13.2. The van der Waals surface area contributed by atoms with Crippen molar-refractivity contribution in [3.8, 4) is 0 Å².